The van der Waals surface area contributed by atoms with Crippen molar-refractivity contribution in [1.82, 2.24) is 4.57 Å². The fourth-order valence-corrected chi connectivity index (χ4v) is 3.20. The van der Waals surface area contributed by atoms with Gasteiger partial charge in [-0.1, -0.05) is 12.1 Å². The molecule has 0 saturated carbocycles. The molecule has 0 spiro atoms. The smallest absolute Gasteiger partial charge is 0.498 e. The van der Waals surface area contributed by atoms with E-state index in [0.29, 0.717) is 34.0 Å². The van der Waals surface area contributed by atoms with Crippen LogP contribution in [0.1, 0.15) is 22.5 Å². The topological polar surface area (TPSA) is 84.8 Å². The van der Waals surface area contributed by atoms with Crippen molar-refractivity contribution in [3.63, 3.8) is 0 Å². The van der Waals surface area contributed by atoms with Gasteiger partial charge in [-0.15, -0.1) is 0 Å². The lowest BCUT2D eigenvalue weighted by atomic mass is 10.1. The summed E-state index contributed by atoms with van der Waals surface area (Å²) in [5.74, 6) is 1.20. The summed E-state index contributed by atoms with van der Waals surface area (Å²) >= 11 is 0. The number of phenolic OH excluding ortho intramolecular Hbond substituents is 2. The number of benzene rings is 2. The molecule has 3 aromatic rings. The van der Waals surface area contributed by atoms with Crippen LogP contribution in [0.25, 0.3) is 24.3 Å². The summed E-state index contributed by atoms with van der Waals surface area (Å²) < 4.78 is 13.6. The van der Waals surface area contributed by atoms with E-state index in [1.165, 1.54) is 23.4 Å². The summed E-state index contributed by atoms with van der Waals surface area (Å²) in [6, 6.07) is 11.8. The Kier molecular flexibility index (Phi) is 6.45. The quantitative estimate of drug-likeness (QED) is 0.598. The van der Waals surface area contributed by atoms with Crippen LogP contribution < -0.4 is 19.7 Å². The Morgan fingerprint density at radius 1 is 0.871 bits per heavy atom. The molecule has 7 heteroatoms. The zero-order valence-electron chi connectivity index (χ0n) is 17.9. The molecule has 0 atom stereocenters. The number of hydrogen-bond acceptors (Lipinski definition) is 5. The number of ether oxygens (including phenoxy) is 2. The Balaban J connectivity index is 2.06. The fraction of sp³-hybridized carbons (Fsp3) is 0.167. The predicted octanol–water partition coefficient (Wildman–Crippen LogP) is 2.98. The van der Waals surface area contributed by atoms with E-state index < -0.39 is 0 Å². The third kappa shape index (κ3) is 4.45. The van der Waals surface area contributed by atoms with Gasteiger partial charge in [-0.2, -0.15) is 13.9 Å². The number of aromatic hydroxyl groups is 2. The highest BCUT2D eigenvalue weighted by Crippen LogP contribution is 2.30. The summed E-state index contributed by atoms with van der Waals surface area (Å²) in [5, 5.41) is 20.3. The SMILES string of the molecule is COc1cccc(O)c1/C=C/c1cc(/C=C/c2c(O)cccc2OC)[n+](C)c(=O)n1C. The molecule has 0 unspecified atom stereocenters. The molecule has 31 heavy (non-hydrogen) atoms. The van der Waals surface area contributed by atoms with Crippen LogP contribution in [0.15, 0.2) is 47.3 Å². The summed E-state index contributed by atoms with van der Waals surface area (Å²) in [6.45, 7) is 0. The van der Waals surface area contributed by atoms with Crippen LogP contribution in [-0.4, -0.2) is 29.0 Å². The first kappa shape index (κ1) is 21.7. The van der Waals surface area contributed by atoms with Crippen molar-refractivity contribution in [2.75, 3.05) is 14.2 Å². The summed E-state index contributed by atoms with van der Waals surface area (Å²) in [5.41, 5.74) is 2.05. The largest absolute Gasteiger partial charge is 0.507 e. The number of rotatable bonds is 6. The Labute approximate surface area is 180 Å². The van der Waals surface area contributed by atoms with E-state index in [-0.39, 0.29) is 17.2 Å². The molecule has 7 nitrogen and oxygen atoms in total. The maximum absolute atomic E-state index is 12.7. The summed E-state index contributed by atoms with van der Waals surface area (Å²) in [4.78, 5) is 12.7. The van der Waals surface area contributed by atoms with Gasteiger partial charge in [-0.05, 0) is 48.6 Å². The van der Waals surface area contributed by atoms with E-state index >= 15 is 0 Å². The molecule has 1 aromatic heterocycles. The van der Waals surface area contributed by atoms with Gasteiger partial charge in [0, 0.05) is 6.07 Å². The first-order valence-corrected chi connectivity index (χ1v) is 9.55. The second-order valence-electron chi connectivity index (χ2n) is 6.85. The Morgan fingerprint density at radius 3 is 1.90 bits per heavy atom. The van der Waals surface area contributed by atoms with Gasteiger partial charge < -0.3 is 19.7 Å². The molecule has 0 aliphatic carbocycles. The zero-order chi connectivity index (χ0) is 22.5. The molecule has 0 fully saturated rings. The van der Waals surface area contributed by atoms with Gasteiger partial charge in [0.2, 0.25) is 0 Å². The lowest BCUT2D eigenvalue weighted by molar-refractivity contribution is -0.692. The first-order chi connectivity index (χ1) is 14.9. The molecule has 0 radical (unpaired) electrons. The van der Waals surface area contributed by atoms with Gasteiger partial charge >= 0.3 is 5.69 Å². The molecule has 0 amide bonds. The molecule has 3 rings (SSSR count). The number of aromatic nitrogens is 2. The van der Waals surface area contributed by atoms with Gasteiger partial charge in [0.1, 0.15) is 34.4 Å². The highest BCUT2D eigenvalue weighted by Gasteiger charge is 2.14. The van der Waals surface area contributed by atoms with E-state index in [4.69, 9.17) is 9.47 Å². The second-order valence-corrected chi connectivity index (χ2v) is 6.85. The summed E-state index contributed by atoms with van der Waals surface area (Å²) in [6.07, 6.45) is 6.86. The maximum atomic E-state index is 12.7. The van der Waals surface area contributed by atoms with Gasteiger partial charge in [-0.3, -0.25) is 0 Å². The normalized spacial score (nSPS) is 11.4. The number of phenols is 2. The number of methoxy groups -OCH3 is 2. The average molecular weight is 421 g/mol. The molecule has 0 bridgehead atoms. The lowest BCUT2D eigenvalue weighted by Gasteiger charge is -2.07. The lowest BCUT2D eigenvalue weighted by Crippen LogP contribution is -2.53. The van der Waals surface area contributed by atoms with Crippen LogP contribution in [0, 0.1) is 0 Å². The molecular formula is C24H25N2O5+. The molecule has 1 heterocycles. The third-order valence-electron chi connectivity index (χ3n) is 5.01. The van der Waals surface area contributed by atoms with E-state index in [0.717, 1.165) is 0 Å². The Hall–Kier alpha value is -4.00. The van der Waals surface area contributed by atoms with Crippen LogP contribution in [-0.2, 0) is 14.1 Å². The van der Waals surface area contributed by atoms with E-state index in [2.05, 4.69) is 0 Å². The highest BCUT2D eigenvalue weighted by atomic mass is 16.5. The first-order valence-electron chi connectivity index (χ1n) is 9.55. The minimum absolute atomic E-state index is 0.0776. The highest BCUT2D eigenvalue weighted by molar-refractivity contribution is 5.77. The van der Waals surface area contributed by atoms with Crippen molar-refractivity contribution < 1.29 is 24.3 Å². The van der Waals surface area contributed by atoms with Crippen molar-refractivity contribution in [3.05, 3.63) is 75.5 Å². The minimum Gasteiger partial charge on any atom is -0.507 e. The van der Waals surface area contributed by atoms with E-state index in [9.17, 15) is 15.0 Å². The van der Waals surface area contributed by atoms with Crippen LogP contribution in [0.4, 0.5) is 0 Å². The number of nitrogens with zero attached hydrogens (tertiary/aromatic N) is 2. The van der Waals surface area contributed by atoms with Crippen molar-refractivity contribution in [1.29, 1.82) is 0 Å². The van der Waals surface area contributed by atoms with Gasteiger partial charge in [-0.25, -0.2) is 0 Å². The Morgan fingerprint density at radius 2 is 1.39 bits per heavy atom. The molecule has 2 aromatic carbocycles. The van der Waals surface area contributed by atoms with Crippen molar-refractivity contribution >= 4 is 24.3 Å². The summed E-state index contributed by atoms with van der Waals surface area (Å²) in [7, 11) is 6.40. The van der Waals surface area contributed by atoms with Gasteiger partial charge in [0.05, 0.1) is 39.4 Å². The van der Waals surface area contributed by atoms with E-state index in [1.54, 1.807) is 74.8 Å². The van der Waals surface area contributed by atoms with Crippen molar-refractivity contribution in [2.45, 2.75) is 0 Å². The molecule has 0 aliphatic rings. The second kappa shape index (κ2) is 9.21. The predicted molar refractivity (Wildman–Crippen MR) is 120 cm³/mol. The average Bonchev–Trinajstić information content (AvgIpc) is 2.77. The molecule has 160 valence electrons. The minimum atomic E-state index is -0.227. The molecule has 0 aliphatic heterocycles. The van der Waals surface area contributed by atoms with Crippen molar-refractivity contribution in [3.8, 4) is 23.0 Å². The maximum Gasteiger partial charge on any atom is 0.498 e. The third-order valence-corrected chi connectivity index (χ3v) is 5.01. The van der Waals surface area contributed by atoms with Crippen LogP contribution in [0.2, 0.25) is 0 Å². The van der Waals surface area contributed by atoms with Gasteiger partial charge in [0.25, 0.3) is 0 Å². The van der Waals surface area contributed by atoms with Crippen LogP contribution in [0.3, 0.4) is 0 Å². The molecular weight excluding hydrogens is 396 g/mol. The fourth-order valence-electron chi connectivity index (χ4n) is 3.20. The van der Waals surface area contributed by atoms with Gasteiger partial charge in [0.15, 0.2) is 0 Å². The standard InChI is InChI=1S/C24H24N2O5/c1-25-16(11-13-18-20(27)7-5-9-22(18)30-3)15-17(26(2)24(25)29)12-14-19-21(28)8-6-10-23(19)31-4/h5-15H,1-4H3,(H,27,28)/p+1. The zero-order valence-corrected chi connectivity index (χ0v) is 17.9. The van der Waals surface area contributed by atoms with E-state index in [1.807, 2.05) is 6.07 Å². The Bertz CT molecular complexity index is 1130. The van der Waals surface area contributed by atoms with Crippen LogP contribution in [0.5, 0.6) is 23.0 Å². The van der Waals surface area contributed by atoms with Crippen molar-refractivity contribution in [2.24, 2.45) is 14.1 Å². The molecule has 0 saturated heterocycles. The monoisotopic (exact) mass is 421 g/mol. The number of hydrogen-bond donors (Lipinski definition) is 2. The van der Waals surface area contributed by atoms with Crippen LogP contribution >= 0.6 is 0 Å². The molecule has 2 N–H and O–H groups in total.